The van der Waals surface area contributed by atoms with Gasteiger partial charge in [-0.1, -0.05) is 6.07 Å². The molecule has 0 saturated carbocycles. The number of sulfonamides is 1. The molecule has 0 aromatic heterocycles. The quantitative estimate of drug-likeness (QED) is 0.872. The summed E-state index contributed by atoms with van der Waals surface area (Å²) in [6.07, 6.45) is 1.46. The lowest BCUT2D eigenvalue weighted by Crippen LogP contribution is -2.25. The summed E-state index contributed by atoms with van der Waals surface area (Å²) in [5, 5.41) is 9.52. The van der Waals surface area contributed by atoms with Gasteiger partial charge >= 0.3 is 0 Å². The molecule has 2 N–H and O–H groups in total. The van der Waals surface area contributed by atoms with E-state index in [-0.39, 0.29) is 17.6 Å². The molecule has 0 spiro atoms. The highest BCUT2D eigenvalue weighted by Gasteiger charge is 2.23. The molecule has 1 aromatic rings. The molecule has 1 aliphatic heterocycles. The van der Waals surface area contributed by atoms with Gasteiger partial charge in [0.1, 0.15) is 5.75 Å². The Hall–Kier alpha value is -1.27. The van der Waals surface area contributed by atoms with E-state index in [1.165, 1.54) is 6.07 Å². The zero-order chi connectivity index (χ0) is 13.2. The predicted octanol–water partition coefficient (Wildman–Crippen LogP) is 1.62. The Balaban J connectivity index is 2.09. The summed E-state index contributed by atoms with van der Waals surface area (Å²) in [7, 11) is -3.44. The zero-order valence-electron chi connectivity index (χ0n) is 10.2. The van der Waals surface area contributed by atoms with E-state index in [0.717, 1.165) is 12.8 Å². The van der Waals surface area contributed by atoms with E-state index >= 15 is 0 Å². The van der Waals surface area contributed by atoms with Gasteiger partial charge in [0.2, 0.25) is 10.0 Å². The molecule has 0 radical (unpaired) electrons. The average Bonchev–Trinajstić information content (AvgIpc) is 2.76. The van der Waals surface area contributed by atoms with Crippen molar-refractivity contribution in [3.05, 3.63) is 23.8 Å². The molecule has 2 rings (SSSR count). The molecule has 100 valence electrons. The Bertz CT molecular complexity index is 521. The number of rotatable bonds is 4. The standard InChI is InChI=1S/C12H17NO4S/c1-9-11(5-2-6-12(9)14)13-18(15,16)8-10-4-3-7-17-10/h2,5-6,10,13-14H,3-4,7-8H2,1H3. The Labute approximate surface area is 107 Å². The summed E-state index contributed by atoms with van der Waals surface area (Å²) in [5.74, 6) is 0.0366. The molecule has 1 aliphatic rings. The van der Waals surface area contributed by atoms with Crippen LogP contribution in [0.15, 0.2) is 18.2 Å². The van der Waals surface area contributed by atoms with Crippen LogP contribution < -0.4 is 4.72 Å². The van der Waals surface area contributed by atoms with Crippen LogP contribution in [0, 0.1) is 6.92 Å². The van der Waals surface area contributed by atoms with Gasteiger partial charge in [-0.05, 0) is 31.9 Å². The molecule has 1 unspecified atom stereocenters. The fraction of sp³-hybridized carbons (Fsp3) is 0.500. The van der Waals surface area contributed by atoms with Gasteiger partial charge in [0, 0.05) is 12.2 Å². The van der Waals surface area contributed by atoms with Gasteiger partial charge in [-0.25, -0.2) is 8.42 Å². The minimum absolute atomic E-state index is 0.0396. The van der Waals surface area contributed by atoms with Crippen molar-refractivity contribution < 1.29 is 18.3 Å². The third-order valence-corrected chi connectivity index (χ3v) is 4.34. The monoisotopic (exact) mass is 271 g/mol. The topological polar surface area (TPSA) is 75.6 Å². The second-order valence-electron chi connectivity index (χ2n) is 4.47. The van der Waals surface area contributed by atoms with E-state index in [4.69, 9.17) is 4.74 Å². The van der Waals surface area contributed by atoms with Crippen LogP contribution in [0.3, 0.4) is 0 Å². The third-order valence-electron chi connectivity index (χ3n) is 3.00. The number of nitrogens with one attached hydrogen (secondary N) is 1. The number of phenols is 1. The Morgan fingerprint density at radius 3 is 2.94 bits per heavy atom. The largest absolute Gasteiger partial charge is 0.508 e. The first-order chi connectivity index (χ1) is 8.48. The van der Waals surface area contributed by atoms with Gasteiger partial charge in [-0.15, -0.1) is 0 Å². The molecule has 1 saturated heterocycles. The van der Waals surface area contributed by atoms with Crippen LogP contribution in [-0.2, 0) is 14.8 Å². The van der Waals surface area contributed by atoms with E-state index in [1.807, 2.05) is 0 Å². The first kappa shape index (κ1) is 13.2. The average molecular weight is 271 g/mol. The van der Waals surface area contributed by atoms with E-state index in [2.05, 4.69) is 4.72 Å². The summed E-state index contributed by atoms with van der Waals surface area (Å²) in [4.78, 5) is 0. The molecule has 1 aromatic carbocycles. The molecule has 1 fully saturated rings. The van der Waals surface area contributed by atoms with E-state index in [0.29, 0.717) is 17.9 Å². The lowest BCUT2D eigenvalue weighted by molar-refractivity contribution is 0.127. The van der Waals surface area contributed by atoms with Crippen molar-refractivity contribution in [1.29, 1.82) is 0 Å². The van der Waals surface area contributed by atoms with Gasteiger partial charge in [0.15, 0.2) is 0 Å². The molecular formula is C12H17NO4S. The zero-order valence-corrected chi connectivity index (χ0v) is 11.0. The molecule has 0 amide bonds. The van der Waals surface area contributed by atoms with Crippen molar-refractivity contribution in [2.75, 3.05) is 17.1 Å². The minimum Gasteiger partial charge on any atom is -0.508 e. The number of anilines is 1. The predicted molar refractivity (Wildman–Crippen MR) is 69.2 cm³/mol. The van der Waals surface area contributed by atoms with Crippen LogP contribution in [0.5, 0.6) is 5.75 Å². The van der Waals surface area contributed by atoms with Crippen LogP contribution in [0.25, 0.3) is 0 Å². The summed E-state index contributed by atoms with van der Waals surface area (Å²) in [6.45, 7) is 2.30. The SMILES string of the molecule is Cc1c(O)cccc1NS(=O)(=O)CC1CCCO1. The molecule has 0 bridgehead atoms. The first-order valence-corrected chi connectivity index (χ1v) is 7.54. The number of hydrogen-bond acceptors (Lipinski definition) is 4. The van der Waals surface area contributed by atoms with Crippen LogP contribution >= 0.6 is 0 Å². The lowest BCUT2D eigenvalue weighted by atomic mass is 10.2. The number of aromatic hydroxyl groups is 1. The highest BCUT2D eigenvalue weighted by atomic mass is 32.2. The van der Waals surface area contributed by atoms with Crippen molar-refractivity contribution in [3.63, 3.8) is 0 Å². The smallest absolute Gasteiger partial charge is 0.235 e. The van der Waals surface area contributed by atoms with Crippen molar-refractivity contribution in [2.24, 2.45) is 0 Å². The fourth-order valence-corrected chi connectivity index (χ4v) is 3.36. The van der Waals surface area contributed by atoms with Gasteiger partial charge in [-0.2, -0.15) is 0 Å². The Morgan fingerprint density at radius 1 is 1.50 bits per heavy atom. The van der Waals surface area contributed by atoms with Crippen molar-refractivity contribution in [2.45, 2.75) is 25.9 Å². The normalized spacial score (nSPS) is 19.9. The lowest BCUT2D eigenvalue weighted by Gasteiger charge is -2.14. The van der Waals surface area contributed by atoms with Crippen molar-refractivity contribution >= 4 is 15.7 Å². The number of ether oxygens (including phenoxy) is 1. The molecule has 5 nitrogen and oxygen atoms in total. The van der Waals surface area contributed by atoms with Crippen LogP contribution in [-0.4, -0.2) is 32.0 Å². The van der Waals surface area contributed by atoms with Gasteiger partial charge < -0.3 is 9.84 Å². The second kappa shape index (κ2) is 5.16. The maximum Gasteiger partial charge on any atom is 0.235 e. The summed E-state index contributed by atoms with van der Waals surface area (Å²) in [6, 6.07) is 4.75. The van der Waals surface area contributed by atoms with E-state index < -0.39 is 10.0 Å². The number of hydrogen-bond donors (Lipinski definition) is 2. The van der Waals surface area contributed by atoms with Gasteiger partial charge in [-0.3, -0.25) is 4.72 Å². The van der Waals surface area contributed by atoms with Crippen molar-refractivity contribution in [1.82, 2.24) is 0 Å². The van der Waals surface area contributed by atoms with Gasteiger partial charge in [0.25, 0.3) is 0 Å². The van der Waals surface area contributed by atoms with Crippen LogP contribution in [0.2, 0.25) is 0 Å². The molecule has 1 heterocycles. The number of benzene rings is 1. The maximum absolute atomic E-state index is 11.9. The minimum atomic E-state index is -3.44. The molecular weight excluding hydrogens is 254 g/mol. The molecule has 6 heteroatoms. The highest BCUT2D eigenvalue weighted by Crippen LogP contribution is 2.25. The first-order valence-electron chi connectivity index (χ1n) is 5.88. The summed E-state index contributed by atoms with van der Waals surface area (Å²) >= 11 is 0. The molecule has 18 heavy (non-hydrogen) atoms. The Morgan fingerprint density at radius 2 is 2.28 bits per heavy atom. The Kier molecular flexibility index (Phi) is 3.77. The molecule has 0 aliphatic carbocycles. The maximum atomic E-state index is 11.9. The number of phenolic OH excluding ortho intramolecular Hbond substituents is 1. The van der Waals surface area contributed by atoms with Crippen LogP contribution in [0.4, 0.5) is 5.69 Å². The van der Waals surface area contributed by atoms with E-state index in [1.54, 1.807) is 19.1 Å². The van der Waals surface area contributed by atoms with Crippen LogP contribution in [0.1, 0.15) is 18.4 Å². The van der Waals surface area contributed by atoms with E-state index in [9.17, 15) is 13.5 Å². The van der Waals surface area contributed by atoms with Crippen molar-refractivity contribution in [3.8, 4) is 5.75 Å². The summed E-state index contributed by atoms with van der Waals surface area (Å²) < 4.78 is 31.7. The second-order valence-corrected chi connectivity index (χ2v) is 6.24. The van der Waals surface area contributed by atoms with Gasteiger partial charge in [0.05, 0.1) is 17.5 Å². The fourth-order valence-electron chi connectivity index (χ4n) is 1.96. The third kappa shape index (κ3) is 3.14. The summed E-state index contributed by atoms with van der Waals surface area (Å²) in [5.41, 5.74) is 0.932. The highest BCUT2D eigenvalue weighted by molar-refractivity contribution is 7.92. The molecule has 1 atom stereocenters.